The van der Waals surface area contributed by atoms with E-state index in [1.807, 2.05) is 11.0 Å². The molecular formula is C25H31FN6O3. The van der Waals surface area contributed by atoms with Crippen molar-refractivity contribution in [2.45, 2.75) is 37.8 Å². The molecule has 186 valence electrons. The average molecular weight is 483 g/mol. The zero-order chi connectivity index (χ0) is 24.4. The van der Waals surface area contributed by atoms with E-state index in [1.165, 1.54) is 19.2 Å². The number of carbonyl (C=O) groups excluding carboxylic acids is 1. The number of hydroxylamine groups is 1. The van der Waals surface area contributed by atoms with Crippen LogP contribution in [0.2, 0.25) is 0 Å². The van der Waals surface area contributed by atoms with E-state index in [9.17, 15) is 9.18 Å². The van der Waals surface area contributed by atoms with E-state index in [0.29, 0.717) is 42.9 Å². The number of nitrogens with zero attached hydrogens (tertiary/aromatic N) is 4. The van der Waals surface area contributed by atoms with E-state index >= 15 is 0 Å². The van der Waals surface area contributed by atoms with Gasteiger partial charge in [-0.1, -0.05) is 0 Å². The third kappa shape index (κ3) is 5.08. The van der Waals surface area contributed by atoms with Gasteiger partial charge in [0.2, 0.25) is 11.9 Å². The monoisotopic (exact) mass is 482 g/mol. The van der Waals surface area contributed by atoms with Crippen LogP contribution >= 0.6 is 0 Å². The van der Waals surface area contributed by atoms with Crippen molar-refractivity contribution in [1.82, 2.24) is 25.2 Å². The molecule has 0 bridgehead atoms. The molecule has 0 aliphatic carbocycles. The first-order chi connectivity index (χ1) is 16.9. The number of halogens is 1. The smallest absolute Gasteiger partial charge is 0.225 e. The van der Waals surface area contributed by atoms with Crippen LogP contribution in [0.4, 0.5) is 10.3 Å². The highest BCUT2D eigenvalue weighted by atomic mass is 19.1. The fourth-order valence-electron chi connectivity index (χ4n) is 5.24. The summed E-state index contributed by atoms with van der Waals surface area (Å²) in [4.78, 5) is 30.8. The number of carbonyl (C=O) groups is 1. The number of likely N-dealkylation sites (tertiary alicyclic amines) is 2. The van der Waals surface area contributed by atoms with E-state index < -0.39 is 5.60 Å². The lowest BCUT2D eigenvalue weighted by molar-refractivity contribution is -0.139. The summed E-state index contributed by atoms with van der Waals surface area (Å²) in [6.45, 7) is 3.73. The van der Waals surface area contributed by atoms with Gasteiger partial charge in [-0.25, -0.2) is 14.4 Å². The summed E-state index contributed by atoms with van der Waals surface area (Å²) in [6, 6.07) is 4.48. The number of nitrogens with one attached hydrogen (secondary N) is 1. The van der Waals surface area contributed by atoms with Crippen LogP contribution in [0.1, 0.15) is 36.8 Å². The highest BCUT2D eigenvalue weighted by Crippen LogP contribution is 2.40. The van der Waals surface area contributed by atoms with E-state index in [4.69, 9.17) is 15.3 Å². The molecule has 5 rings (SSSR count). The number of hydrogen-bond donors (Lipinski definition) is 2. The molecule has 10 heteroatoms. The fourth-order valence-corrected chi connectivity index (χ4v) is 5.24. The second-order valence-corrected chi connectivity index (χ2v) is 9.50. The summed E-state index contributed by atoms with van der Waals surface area (Å²) in [5.74, 6) is 0.834. The Morgan fingerprint density at radius 2 is 1.94 bits per heavy atom. The van der Waals surface area contributed by atoms with Crippen molar-refractivity contribution in [2.24, 2.45) is 5.92 Å². The maximum Gasteiger partial charge on any atom is 0.225 e. The third-order valence-electron chi connectivity index (χ3n) is 7.15. The van der Waals surface area contributed by atoms with Gasteiger partial charge in [0.15, 0.2) is 0 Å². The van der Waals surface area contributed by atoms with Crippen LogP contribution in [0, 0.1) is 11.7 Å². The zero-order valence-corrected chi connectivity index (χ0v) is 19.9. The van der Waals surface area contributed by atoms with Crippen LogP contribution in [-0.2, 0) is 16.2 Å². The van der Waals surface area contributed by atoms with Crippen LogP contribution in [0.15, 0.2) is 36.7 Å². The number of rotatable bonds is 5. The number of amides is 1. The number of ether oxygens (including phenoxy) is 1. The number of anilines is 1. The highest BCUT2D eigenvalue weighted by Gasteiger charge is 2.41. The summed E-state index contributed by atoms with van der Waals surface area (Å²) in [7, 11) is 1.53. The summed E-state index contributed by atoms with van der Waals surface area (Å²) in [6.07, 6.45) is 8.50. The van der Waals surface area contributed by atoms with Gasteiger partial charge in [0.25, 0.3) is 0 Å². The van der Waals surface area contributed by atoms with Gasteiger partial charge in [0.1, 0.15) is 17.2 Å². The van der Waals surface area contributed by atoms with Crippen LogP contribution < -0.4 is 16.0 Å². The zero-order valence-electron chi connectivity index (χ0n) is 19.9. The molecule has 9 nitrogen and oxygen atoms in total. The van der Waals surface area contributed by atoms with E-state index in [-0.39, 0.29) is 23.6 Å². The van der Waals surface area contributed by atoms with Crippen LogP contribution in [-0.4, -0.2) is 64.6 Å². The maximum atomic E-state index is 13.8. The molecule has 4 heterocycles. The molecule has 1 aromatic heterocycles. The van der Waals surface area contributed by atoms with Crippen LogP contribution in [0.25, 0.3) is 5.70 Å². The largest absolute Gasteiger partial charge is 0.482 e. The minimum atomic E-state index is -0.549. The number of fused-ring (bicyclic) bond motifs is 1. The standard InChI is InChI=1S/C25H31FN6O3/c1-34-30-21-13-25(35-22-3-2-19(26)12-20(21)22)6-10-32(11-7-25)23(33)18-4-8-31(9-5-18)16-17-14-28-24(27)29-15-17/h2-3,12-15,18,30H,4-11,16H2,1H3,(H2,27,28,29). The average Bonchev–Trinajstić information content (AvgIpc) is 2.87. The normalized spacial score (nSPS) is 20.2. The van der Waals surface area contributed by atoms with E-state index in [0.717, 1.165) is 38.0 Å². The van der Waals surface area contributed by atoms with Gasteiger partial charge < -0.3 is 15.4 Å². The van der Waals surface area contributed by atoms with Gasteiger partial charge in [-0.2, -0.15) is 0 Å². The van der Waals surface area contributed by atoms with Crippen molar-refractivity contribution in [3.63, 3.8) is 0 Å². The van der Waals surface area contributed by atoms with Gasteiger partial charge >= 0.3 is 0 Å². The predicted octanol–water partition coefficient (Wildman–Crippen LogP) is 2.36. The van der Waals surface area contributed by atoms with Gasteiger partial charge in [0, 0.05) is 61.9 Å². The molecule has 1 spiro atoms. The second kappa shape index (κ2) is 9.79. The predicted molar refractivity (Wildman–Crippen MR) is 128 cm³/mol. The van der Waals surface area contributed by atoms with E-state index in [2.05, 4.69) is 20.3 Å². The van der Waals surface area contributed by atoms with Crippen molar-refractivity contribution in [1.29, 1.82) is 0 Å². The Bertz CT molecular complexity index is 1090. The number of piperidine rings is 2. The molecule has 3 aliphatic heterocycles. The summed E-state index contributed by atoms with van der Waals surface area (Å²) < 4.78 is 20.1. The van der Waals surface area contributed by atoms with Crippen molar-refractivity contribution < 1.29 is 18.8 Å². The Morgan fingerprint density at radius 1 is 1.23 bits per heavy atom. The van der Waals surface area contributed by atoms with Crippen molar-refractivity contribution >= 4 is 17.6 Å². The Balaban J connectivity index is 1.17. The third-order valence-corrected chi connectivity index (χ3v) is 7.15. The molecule has 3 aliphatic rings. The molecule has 1 amide bonds. The lowest BCUT2D eigenvalue weighted by Crippen LogP contribution is -2.52. The van der Waals surface area contributed by atoms with Gasteiger partial charge in [-0.3, -0.25) is 20.0 Å². The van der Waals surface area contributed by atoms with Crippen molar-refractivity contribution in [3.05, 3.63) is 53.6 Å². The van der Waals surface area contributed by atoms with Crippen LogP contribution in [0.3, 0.4) is 0 Å². The molecule has 2 saturated heterocycles. The Hall–Kier alpha value is -3.24. The van der Waals surface area contributed by atoms with Gasteiger partial charge in [-0.05, 0) is 50.2 Å². The molecule has 0 atom stereocenters. The quantitative estimate of drug-likeness (QED) is 0.626. The van der Waals surface area contributed by atoms with Gasteiger partial charge in [-0.15, -0.1) is 0 Å². The van der Waals surface area contributed by atoms with Crippen molar-refractivity contribution in [2.75, 3.05) is 39.0 Å². The molecule has 3 N–H and O–H groups in total. The van der Waals surface area contributed by atoms with Crippen LogP contribution in [0.5, 0.6) is 5.75 Å². The number of nitrogens with two attached hydrogens (primary N) is 1. The summed E-state index contributed by atoms with van der Waals surface area (Å²) in [5.41, 5.74) is 10.2. The summed E-state index contributed by atoms with van der Waals surface area (Å²) >= 11 is 0. The Morgan fingerprint density at radius 3 is 2.63 bits per heavy atom. The van der Waals surface area contributed by atoms with Gasteiger partial charge in [0.05, 0.1) is 12.8 Å². The minimum Gasteiger partial charge on any atom is -0.482 e. The first-order valence-corrected chi connectivity index (χ1v) is 12.0. The van der Waals surface area contributed by atoms with E-state index in [1.54, 1.807) is 18.5 Å². The number of aromatic nitrogens is 2. The summed E-state index contributed by atoms with van der Waals surface area (Å²) in [5, 5.41) is 0. The molecular weight excluding hydrogens is 451 g/mol. The molecule has 2 fully saturated rings. The lowest BCUT2D eigenvalue weighted by Gasteiger charge is -2.44. The maximum absolute atomic E-state index is 13.8. The lowest BCUT2D eigenvalue weighted by atomic mass is 9.86. The molecule has 0 saturated carbocycles. The molecule has 0 radical (unpaired) electrons. The second-order valence-electron chi connectivity index (χ2n) is 9.50. The highest BCUT2D eigenvalue weighted by molar-refractivity contribution is 5.79. The minimum absolute atomic E-state index is 0.0419. The topological polar surface area (TPSA) is 106 Å². The number of hydrogen-bond acceptors (Lipinski definition) is 8. The molecule has 35 heavy (non-hydrogen) atoms. The first-order valence-electron chi connectivity index (χ1n) is 12.0. The number of benzene rings is 1. The first kappa shape index (κ1) is 23.5. The molecule has 1 aromatic carbocycles. The SMILES string of the molecule is CONC1=CC2(CCN(C(=O)C3CCN(Cc4cnc(N)nc4)CC3)CC2)Oc2ccc(F)cc21. The fraction of sp³-hybridized carbons (Fsp3) is 0.480. The van der Waals surface area contributed by atoms with Crippen molar-refractivity contribution in [3.8, 4) is 5.75 Å². The molecule has 0 unspecified atom stereocenters. The Labute approximate surface area is 204 Å². The Kier molecular flexibility index (Phi) is 6.57. The molecule has 2 aromatic rings. The number of nitrogen functional groups attached to an aromatic ring is 1.